The van der Waals surface area contributed by atoms with Gasteiger partial charge in [0, 0.05) is 12.6 Å². The van der Waals surface area contributed by atoms with Crippen LogP contribution in [0.15, 0.2) is 12.1 Å². The number of likely N-dealkylation sites (N-methyl/N-ethyl adjacent to an activating group) is 2. The zero-order valence-corrected chi connectivity index (χ0v) is 12.5. The van der Waals surface area contributed by atoms with Gasteiger partial charge in [0.15, 0.2) is 0 Å². The van der Waals surface area contributed by atoms with Gasteiger partial charge in [-0.1, -0.05) is 19.1 Å². The molecule has 3 nitrogen and oxygen atoms in total. The summed E-state index contributed by atoms with van der Waals surface area (Å²) in [5.41, 5.74) is 3.75. The van der Waals surface area contributed by atoms with Crippen LogP contribution >= 0.6 is 0 Å². The minimum Gasteiger partial charge on any atom is -0.496 e. The fourth-order valence-electron chi connectivity index (χ4n) is 2.38. The number of ether oxygens (including phenoxy) is 1. The second-order valence-electron chi connectivity index (χ2n) is 4.98. The molecule has 0 radical (unpaired) electrons. The van der Waals surface area contributed by atoms with Gasteiger partial charge in [0.1, 0.15) is 5.75 Å². The number of rotatable bonds is 6. The molecule has 0 aromatic heterocycles. The van der Waals surface area contributed by atoms with Crippen LogP contribution in [0.5, 0.6) is 5.75 Å². The monoisotopic (exact) mass is 250 g/mol. The van der Waals surface area contributed by atoms with E-state index >= 15 is 0 Å². The second kappa shape index (κ2) is 6.76. The van der Waals surface area contributed by atoms with Gasteiger partial charge in [0.2, 0.25) is 0 Å². The number of aryl methyl sites for hydroxylation is 2. The summed E-state index contributed by atoms with van der Waals surface area (Å²) in [4.78, 5) is 2.25. The Bertz CT molecular complexity index is 365. The molecule has 3 heteroatoms. The quantitative estimate of drug-likeness (QED) is 0.839. The molecule has 1 N–H and O–H groups in total. The lowest BCUT2D eigenvalue weighted by atomic mass is 9.99. The first-order valence-electron chi connectivity index (χ1n) is 6.53. The SMILES string of the molecule is CCNCC(c1cc(C)c(OC)c(C)c1)N(C)C. The van der Waals surface area contributed by atoms with Crippen molar-refractivity contribution in [3.63, 3.8) is 0 Å². The van der Waals surface area contributed by atoms with Crippen LogP contribution in [0.1, 0.15) is 29.7 Å². The standard InChI is InChI=1S/C15H26N2O/c1-7-16-10-14(17(4)5)13-8-11(2)15(18-6)12(3)9-13/h8-9,14,16H,7,10H2,1-6H3. The van der Waals surface area contributed by atoms with Crippen molar-refractivity contribution in [3.05, 3.63) is 28.8 Å². The van der Waals surface area contributed by atoms with E-state index in [2.05, 4.69) is 57.2 Å². The van der Waals surface area contributed by atoms with Crippen molar-refractivity contribution in [3.8, 4) is 5.75 Å². The Morgan fingerprint density at radius 2 is 1.78 bits per heavy atom. The number of hydrogen-bond donors (Lipinski definition) is 1. The van der Waals surface area contributed by atoms with Crippen molar-refractivity contribution in [1.29, 1.82) is 0 Å². The average Bonchev–Trinajstić information content (AvgIpc) is 2.28. The van der Waals surface area contributed by atoms with Crippen LogP contribution in [0.3, 0.4) is 0 Å². The van der Waals surface area contributed by atoms with Crippen LogP contribution in [0.25, 0.3) is 0 Å². The lowest BCUT2D eigenvalue weighted by Crippen LogP contribution is -2.31. The number of nitrogens with one attached hydrogen (secondary N) is 1. The van der Waals surface area contributed by atoms with E-state index in [0.29, 0.717) is 6.04 Å². The molecule has 1 aromatic carbocycles. The Labute approximate surface area is 111 Å². The van der Waals surface area contributed by atoms with Crippen LogP contribution < -0.4 is 10.1 Å². The molecule has 1 unspecified atom stereocenters. The first-order valence-corrected chi connectivity index (χ1v) is 6.53. The van der Waals surface area contributed by atoms with Crippen LogP contribution in [0.4, 0.5) is 0 Å². The van der Waals surface area contributed by atoms with E-state index in [-0.39, 0.29) is 0 Å². The van der Waals surface area contributed by atoms with Gasteiger partial charge in [-0.3, -0.25) is 0 Å². The van der Waals surface area contributed by atoms with E-state index in [1.54, 1.807) is 7.11 Å². The first kappa shape index (κ1) is 15.0. The maximum absolute atomic E-state index is 5.42. The summed E-state index contributed by atoms with van der Waals surface area (Å²) in [6.07, 6.45) is 0. The van der Waals surface area contributed by atoms with Gasteiger partial charge in [0.05, 0.1) is 7.11 Å². The van der Waals surface area contributed by atoms with Crippen molar-refractivity contribution >= 4 is 0 Å². The van der Waals surface area contributed by atoms with E-state index in [1.807, 2.05) is 0 Å². The highest BCUT2D eigenvalue weighted by atomic mass is 16.5. The Balaban J connectivity index is 3.05. The van der Waals surface area contributed by atoms with E-state index in [9.17, 15) is 0 Å². The Morgan fingerprint density at radius 1 is 1.22 bits per heavy atom. The lowest BCUT2D eigenvalue weighted by molar-refractivity contribution is 0.290. The molecule has 0 saturated heterocycles. The summed E-state index contributed by atoms with van der Waals surface area (Å²) in [5.74, 6) is 1.000. The predicted octanol–water partition coefficient (Wildman–Crippen LogP) is 2.52. The molecule has 18 heavy (non-hydrogen) atoms. The minimum atomic E-state index is 0.397. The van der Waals surface area contributed by atoms with Gasteiger partial charge < -0.3 is 15.0 Å². The van der Waals surface area contributed by atoms with Gasteiger partial charge >= 0.3 is 0 Å². The van der Waals surface area contributed by atoms with Gasteiger partial charge in [-0.2, -0.15) is 0 Å². The molecule has 0 aliphatic carbocycles. The molecule has 0 aliphatic rings. The lowest BCUT2D eigenvalue weighted by Gasteiger charge is -2.26. The van der Waals surface area contributed by atoms with E-state index in [0.717, 1.165) is 18.8 Å². The summed E-state index contributed by atoms with van der Waals surface area (Å²) >= 11 is 0. The van der Waals surface area contributed by atoms with E-state index < -0.39 is 0 Å². The van der Waals surface area contributed by atoms with Crippen molar-refractivity contribution in [2.45, 2.75) is 26.8 Å². The van der Waals surface area contributed by atoms with Crippen molar-refractivity contribution in [1.82, 2.24) is 10.2 Å². The Hall–Kier alpha value is -1.06. The molecule has 0 saturated carbocycles. The molecule has 1 rings (SSSR count). The first-order chi connectivity index (χ1) is 8.51. The van der Waals surface area contributed by atoms with Gasteiger partial charge in [0.25, 0.3) is 0 Å². The zero-order chi connectivity index (χ0) is 13.7. The summed E-state index contributed by atoms with van der Waals surface area (Å²) in [7, 11) is 5.98. The summed E-state index contributed by atoms with van der Waals surface area (Å²) < 4.78 is 5.42. The summed E-state index contributed by atoms with van der Waals surface area (Å²) in [5, 5.41) is 3.42. The molecule has 0 aliphatic heterocycles. The van der Waals surface area contributed by atoms with Gasteiger partial charge in [-0.05, 0) is 51.2 Å². The number of benzene rings is 1. The smallest absolute Gasteiger partial charge is 0.124 e. The molecular weight excluding hydrogens is 224 g/mol. The van der Waals surface area contributed by atoms with Crippen molar-refractivity contribution in [2.24, 2.45) is 0 Å². The normalized spacial score (nSPS) is 12.8. The summed E-state index contributed by atoms with van der Waals surface area (Å²) in [6, 6.07) is 4.86. The van der Waals surface area contributed by atoms with E-state index in [1.165, 1.54) is 16.7 Å². The summed E-state index contributed by atoms with van der Waals surface area (Å²) in [6.45, 7) is 8.31. The van der Waals surface area contributed by atoms with Crippen LogP contribution in [0, 0.1) is 13.8 Å². The molecule has 102 valence electrons. The third kappa shape index (κ3) is 3.47. The number of nitrogens with zero attached hydrogens (tertiary/aromatic N) is 1. The minimum absolute atomic E-state index is 0.397. The molecule has 0 amide bonds. The van der Waals surface area contributed by atoms with Crippen molar-refractivity contribution < 1.29 is 4.74 Å². The highest BCUT2D eigenvalue weighted by molar-refractivity contribution is 5.44. The topological polar surface area (TPSA) is 24.5 Å². The maximum atomic E-state index is 5.42. The third-order valence-corrected chi connectivity index (χ3v) is 3.28. The number of methoxy groups -OCH3 is 1. The van der Waals surface area contributed by atoms with Crippen LogP contribution in [0.2, 0.25) is 0 Å². The van der Waals surface area contributed by atoms with Crippen molar-refractivity contribution in [2.75, 3.05) is 34.3 Å². The second-order valence-corrected chi connectivity index (χ2v) is 4.98. The molecule has 1 atom stereocenters. The Kier molecular flexibility index (Phi) is 5.63. The highest BCUT2D eigenvalue weighted by Crippen LogP contribution is 2.28. The fourth-order valence-corrected chi connectivity index (χ4v) is 2.38. The van der Waals surface area contributed by atoms with Crippen LogP contribution in [-0.4, -0.2) is 39.2 Å². The van der Waals surface area contributed by atoms with Gasteiger partial charge in [-0.15, -0.1) is 0 Å². The van der Waals surface area contributed by atoms with E-state index in [4.69, 9.17) is 4.74 Å². The molecule has 1 aromatic rings. The molecule has 0 fully saturated rings. The average molecular weight is 250 g/mol. The zero-order valence-electron chi connectivity index (χ0n) is 12.5. The third-order valence-electron chi connectivity index (χ3n) is 3.28. The largest absolute Gasteiger partial charge is 0.496 e. The molecule has 0 spiro atoms. The van der Waals surface area contributed by atoms with Gasteiger partial charge in [-0.25, -0.2) is 0 Å². The van der Waals surface area contributed by atoms with Crippen LogP contribution in [-0.2, 0) is 0 Å². The maximum Gasteiger partial charge on any atom is 0.124 e. The Morgan fingerprint density at radius 3 is 2.17 bits per heavy atom. The number of hydrogen-bond acceptors (Lipinski definition) is 3. The molecular formula is C15H26N2O. The molecule has 0 heterocycles. The highest BCUT2D eigenvalue weighted by Gasteiger charge is 2.16. The fraction of sp³-hybridized carbons (Fsp3) is 0.600. The molecule has 0 bridgehead atoms. The predicted molar refractivity (Wildman–Crippen MR) is 77.4 cm³/mol.